The molecule has 0 bridgehead atoms. The topological polar surface area (TPSA) is 66.5 Å². The number of hydrogen-bond donors (Lipinski definition) is 1. The van der Waals surface area contributed by atoms with Gasteiger partial charge in [0.1, 0.15) is 5.78 Å². The third-order valence-electron chi connectivity index (χ3n) is 2.41. The summed E-state index contributed by atoms with van der Waals surface area (Å²) in [6.45, 7) is 7.38. The fourth-order valence-corrected chi connectivity index (χ4v) is 1.51. The van der Waals surface area contributed by atoms with E-state index in [0.717, 1.165) is 13.1 Å². The quantitative estimate of drug-likeness (QED) is 0.398. The van der Waals surface area contributed by atoms with E-state index in [2.05, 4.69) is 11.9 Å². The van der Waals surface area contributed by atoms with Gasteiger partial charge in [0.25, 0.3) is 5.91 Å². The van der Waals surface area contributed by atoms with Crippen LogP contribution in [0.1, 0.15) is 13.3 Å². The summed E-state index contributed by atoms with van der Waals surface area (Å²) in [7, 11) is 0. The number of nitrogens with one attached hydrogen (secondary N) is 1. The molecule has 1 rings (SSSR count). The molecule has 5 heteroatoms. The summed E-state index contributed by atoms with van der Waals surface area (Å²) in [4.78, 5) is 35.6. The van der Waals surface area contributed by atoms with Gasteiger partial charge in [0.15, 0.2) is 5.78 Å². The van der Waals surface area contributed by atoms with Crippen LogP contribution < -0.4 is 5.32 Å². The first-order valence-electron chi connectivity index (χ1n) is 5.24. The zero-order valence-electron chi connectivity index (χ0n) is 9.41. The van der Waals surface area contributed by atoms with E-state index >= 15 is 0 Å². The molecule has 0 aliphatic carbocycles. The fraction of sp³-hybridized carbons (Fsp3) is 0.545. The van der Waals surface area contributed by atoms with Crippen molar-refractivity contribution in [1.82, 2.24) is 10.2 Å². The summed E-state index contributed by atoms with van der Waals surface area (Å²) in [5.41, 5.74) is -0.0860. The molecule has 0 aromatic rings. The summed E-state index contributed by atoms with van der Waals surface area (Å²) in [6.07, 6.45) is -0.239. The number of amides is 1. The molecule has 0 aromatic carbocycles. The Bertz CT molecular complexity index is 330. The Hall–Kier alpha value is -1.49. The summed E-state index contributed by atoms with van der Waals surface area (Å²) in [5.74, 6) is -1.08. The molecule has 0 spiro atoms. The summed E-state index contributed by atoms with van der Waals surface area (Å²) < 4.78 is 0. The number of ketones is 2. The lowest BCUT2D eigenvalue weighted by molar-refractivity contribution is -0.130. The molecule has 0 unspecified atom stereocenters. The number of Topliss-reactive ketones (excluding diaryl/α,β-unsaturated/α-hetero) is 2. The average molecular weight is 224 g/mol. The third-order valence-corrected chi connectivity index (χ3v) is 2.41. The number of nitrogens with zero attached hydrogens (tertiary/aromatic N) is 1. The normalized spacial score (nSPS) is 15.7. The maximum Gasteiger partial charge on any atom is 0.256 e. The highest BCUT2D eigenvalue weighted by Crippen LogP contribution is 2.05. The van der Waals surface area contributed by atoms with Crippen molar-refractivity contribution in [3.05, 3.63) is 12.2 Å². The lowest BCUT2D eigenvalue weighted by Crippen LogP contribution is -2.47. The van der Waals surface area contributed by atoms with E-state index in [1.165, 1.54) is 6.92 Å². The zero-order valence-corrected chi connectivity index (χ0v) is 9.41. The van der Waals surface area contributed by atoms with Crippen molar-refractivity contribution in [2.75, 3.05) is 26.2 Å². The number of carbonyl (C=O) groups is 3. The maximum atomic E-state index is 11.8. The Labute approximate surface area is 94.5 Å². The molecule has 0 aromatic heterocycles. The molecule has 5 nitrogen and oxygen atoms in total. The van der Waals surface area contributed by atoms with Gasteiger partial charge in [-0.05, 0) is 6.92 Å². The molecule has 1 fully saturated rings. The van der Waals surface area contributed by atoms with Crippen molar-refractivity contribution in [1.29, 1.82) is 0 Å². The molecule has 0 saturated carbocycles. The second-order valence-electron chi connectivity index (χ2n) is 3.82. The van der Waals surface area contributed by atoms with Crippen LogP contribution in [0.15, 0.2) is 12.2 Å². The first-order chi connectivity index (χ1) is 7.52. The van der Waals surface area contributed by atoms with Crippen molar-refractivity contribution in [3.63, 3.8) is 0 Å². The largest absolute Gasteiger partial charge is 0.336 e. The van der Waals surface area contributed by atoms with Gasteiger partial charge in [-0.1, -0.05) is 6.58 Å². The van der Waals surface area contributed by atoms with Gasteiger partial charge in [0, 0.05) is 26.2 Å². The number of rotatable bonds is 4. The lowest BCUT2D eigenvalue weighted by atomic mass is 10.1. The van der Waals surface area contributed by atoms with Crippen LogP contribution in [0.5, 0.6) is 0 Å². The first-order valence-corrected chi connectivity index (χ1v) is 5.24. The van der Waals surface area contributed by atoms with Crippen LogP contribution in [0.25, 0.3) is 0 Å². The van der Waals surface area contributed by atoms with E-state index in [0.29, 0.717) is 13.1 Å². The zero-order chi connectivity index (χ0) is 12.1. The van der Waals surface area contributed by atoms with Crippen LogP contribution in [-0.4, -0.2) is 48.6 Å². The molecule has 1 saturated heterocycles. The summed E-state index contributed by atoms with van der Waals surface area (Å²) in [5, 5.41) is 3.11. The van der Waals surface area contributed by atoms with Crippen LogP contribution in [0.4, 0.5) is 0 Å². The Morgan fingerprint density at radius 2 is 1.81 bits per heavy atom. The molecule has 0 atom stereocenters. The van der Waals surface area contributed by atoms with Gasteiger partial charge in [0.05, 0.1) is 12.0 Å². The van der Waals surface area contributed by atoms with Gasteiger partial charge in [-0.25, -0.2) is 0 Å². The predicted molar refractivity (Wildman–Crippen MR) is 58.9 cm³/mol. The van der Waals surface area contributed by atoms with E-state index in [9.17, 15) is 14.4 Å². The highest BCUT2D eigenvalue weighted by Gasteiger charge is 2.23. The summed E-state index contributed by atoms with van der Waals surface area (Å²) in [6, 6.07) is 0. The molecule has 1 aliphatic heterocycles. The van der Waals surface area contributed by atoms with Gasteiger partial charge >= 0.3 is 0 Å². The molecule has 1 amide bonds. The molecular formula is C11H16N2O3. The van der Waals surface area contributed by atoms with Crippen molar-refractivity contribution in [2.24, 2.45) is 0 Å². The van der Waals surface area contributed by atoms with Gasteiger partial charge in [-0.3, -0.25) is 14.4 Å². The second-order valence-corrected chi connectivity index (χ2v) is 3.82. The molecule has 1 aliphatic rings. The first kappa shape index (κ1) is 12.6. The summed E-state index contributed by atoms with van der Waals surface area (Å²) >= 11 is 0. The molecular weight excluding hydrogens is 208 g/mol. The van der Waals surface area contributed by atoms with Crippen molar-refractivity contribution < 1.29 is 14.4 Å². The highest BCUT2D eigenvalue weighted by molar-refractivity contribution is 6.22. The molecule has 1 heterocycles. The molecule has 0 radical (unpaired) electrons. The van der Waals surface area contributed by atoms with Crippen LogP contribution in [0, 0.1) is 0 Å². The average Bonchev–Trinajstić information content (AvgIpc) is 2.27. The van der Waals surface area contributed by atoms with Crippen molar-refractivity contribution >= 4 is 17.5 Å². The lowest BCUT2D eigenvalue weighted by Gasteiger charge is -2.27. The standard InChI is InChI=1S/C11H16N2O3/c1-8(14)7-10(15)9(2)11(16)13-5-3-12-4-6-13/h12H,2-7H2,1H3. The monoisotopic (exact) mass is 224 g/mol. The van der Waals surface area contributed by atoms with Crippen LogP contribution in [0.3, 0.4) is 0 Å². The van der Waals surface area contributed by atoms with Gasteiger partial charge in [-0.15, -0.1) is 0 Å². The predicted octanol–water partition coefficient (Wildman–Crippen LogP) is -0.477. The van der Waals surface area contributed by atoms with Crippen LogP contribution in [0.2, 0.25) is 0 Å². The van der Waals surface area contributed by atoms with E-state index in [1.807, 2.05) is 0 Å². The minimum Gasteiger partial charge on any atom is -0.336 e. The third kappa shape index (κ3) is 3.27. The number of hydrogen-bond acceptors (Lipinski definition) is 4. The maximum absolute atomic E-state index is 11.8. The Morgan fingerprint density at radius 1 is 1.25 bits per heavy atom. The fourth-order valence-electron chi connectivity index (χ4n) is 1.51. The minimum absolute atomic E-state index is 0.0860. The van der Waals surface area contributed by atoms with Crippen LogP contribution in [-0.2, 0) is 14.4 Å². The van der Waals surface area contributed by atoms with Gasteiger partial charge in [0.2, 0.25) is 0 Å². The highest BCUT2D eigenvalue weighted by atomic mass is 16.2. The van der Waals surface area contributed by atoms with E-state index in [4.69, 9.17) is 0 Å². The Morgan fingerprint density at radius 3 is 2.31 bits per heavy atom. The molecule has 16 heavy (non-hydrogen) atoms. The second kappa shape index (κ2) is 5.55. The SMILES string of the molecule is C=C(C(=O)CC(C)=O)C(=O)N1CCNCC1. The number of carbonyl (C=O) groups excluding carboxylic acids is 3. The van der Waals surface area contributed by atoms with E-state index < -0.39 is 5.78 Å². The molecule has 88 valence electrons. The Kier molecular flexibility index (Phi) is 4.37. The molecule has 1 N–H and O–H groups in total. The number of piperazine rings is 1. The Balaban J connectivity index is 2.55. The van der Waals surface area contributed by atoms with E-state index in [-0.39, 0.29) is 23.7 Å². The van der Waals surface area contributed by atoms with Gasteiger partial charge < -0.3 is 10.2 Å². The van der Waals surface area contributed by atoms with Crippen LogP contribution >= 0.6 is 0 Å². The van der Waals surface area contributed by atoms with Crippen molar-refractivity contribution in [3.8, 4) is 0 Å². The van der Waals surface area contributed by atoms with Gasteiger partial charge in [-0.2, -0.15) is 0 Å². The van der Waals surface area contributed by atoms with Crippen molar-refractivity contribution in [2.45, 2.75) is 13.3 Å². The van der Waals surface area contributed by atoms with E-state index in [1.54, 1.807) is 4.90 Å². The minimum atomic E-state index is -0.476. The smallest absolute Gasteiger partial charge is 0.256 e.